The van der Waals surface area contributed by atoms with E-state index in [-0.39, 0.29) is 5.82 Å². The van der Waals surface area contributed by atoms with Gasteiger partial charge in [-0.1, -0.05) is 32.9 Å². The number of anilines is 1. The van der Waals surface area contributed by atoms with Crippen LogP contribution < -0.4 is 10.2 Å². The summed E-state index contributed by atoms with van der Waals surface area (Å²) in [5.74, 6) is -0.0831. The Morgan fingerprint density at radius 2 is 2.10 bits per heavy atom. The first-order chi connectivity index (χ1) is 9.54. The zero-order chi connectivity index (χ0) is 14.7. The Bertz CT molecular complexity index is 445. The number of para-hydroxylation sites is 1. The minimum absolute atomic E-state index is 0.0831. The van der Waals surface area contributed by atoms with Gasteiger partial charge in [0, 0.05) is 24.7 Å². The molecule has 2 nitrogen and oxygen atoms in total. The number of nitrogens with zero attached hydrogens (tertiary/aromatic N) is 1. The highest BCUT2D eigenvalue weighted by molar-refractivity contribution is 5.57. The van der Waals surface area contributed by atoms with E-state index in [0.717, 1.165) is 30.6 Å². The summed E-state index contributed by atoms with van der Waals surface area (Å²) in [6.07, 6.45) is 3.41. The molecule has 2 unspecified atom stereocenters. The van der Waals surface area contributed by atoms with Crippen LogP contribution >= 0.6 is 0 Å². The zero-order valence-electron chi connectivity index (χ0n) is 13.1. The normalized spacial score (nSPS) is 22.8. The molecule has 0 amide bonds. The van der Waals surface area contributed by atoms with Crippen LogP contribution in [0.4, 0.5) is 10.1 Å². The molecular weight excluding hydrogens is 251 g/mol. The largest absolute Gasteiger partial charge is 0.363 e. The van der Waals surface area contributed by atoms with E-state index in [4.69, 9.17) is 0 Å². The Balaban J connectivity index is 2.33. The summed E-state index contributed by atoms with van der Waals surface area (Å²) in [7, 11) is 0. The van der Waals surface area contributed by atoms with Crippen molar-refractivity contribution in [3.63, 3.8) is 0 Å². The fraction of sp³-hybridized carbons (Fsp3) is 0.647. The Kier molecular flexibility index (Phi) is 5.03. The standard InChI is InChI=1S/C17H27FN2/c1-5-15-10-9-13(4)20(15)17-14(11-19-12(2)3)7-6-8-16(17)18/h6-8,12-13,15,19H,5,9-11H2,1-4H3. The van der Waals surface area contributed by atoms with Crippen molar-refractivity contribution in [3.05, 3.63) is 29.6 Å². The van der Waals surface area contributed by atoms with Crippen LogP contribution in [-0.4, -0.2) is 18.1 Å². The maximum atomic E-state index is 14.4. The van der Waals surface area contributed by atoms with Crippen molar-refractivity contribution in [1.82, 2.24) is 5.32 Å². The van der Waals surface area contributed by atoms with E-state index in [9.17, 15) is 4.39 Å². The second-order valence-corrected chi connectivity index (χ2v) is 6.18. The molecule has 0 aromatic heterocycles. The number of hydrogen-bond donors (Lipinski definition) is 1. The maximum Gasteiger partial charge on any atom is 0.146 e. The topological polar surface area (TPSA) is 15.3 Å². The lowest BCUT2D eigenvalue weighted by atomic mass is 10.1. The Morgan fingerprint density at radius 3 is 2.75 bits per heavy atom. The van der Waals surface area contributed by atoms with E-state index in [0.29, 0.717) is 18.1 Å². The molecule has 1 aliphatic rings. The molecule has 112 valence electrons. The molecule has 1 aromatic rings. The van der Waals surface area contributed by atoms with Crippen molar-refractivity contribution in [2.24, 2.45) is 0 Å². The molecular formula is C17H27FN2. The molecule has 1 saturated heterocycles. The van der Waals surface area contributed by atoms with Gasteiger partial charge in [0.05, 0.1) is 5.69 Å². The average molecular weight is 278 g/mol. The first-order valence-corrected chi connectivity index (χ1v) is 7.83. The van der Waals surface area contributed by atoms with Crippen LogP contribution in [0.15, 0.2) is 18.2 Å². The van der Waals surface area contributed by atoms with Gasteiger partial charge in [0.25, 0.3) is 0 Å². The van der Waals surface area contributed by atoms with E-state index in [1.54, 1.807) is 6.07 Å². The van der Waals surface area contributed by atoms with Gasteiger partial charge in [0.15, 0.2) is 0 Å². The quantitative estimate of drug-likeness (QED) is 0.872. The smallest absolute Gasteiger partial charge is 0.146 e. The molecule has 0 saturated carbocycles. The molecule has 1 aromatic carbocycles. The summed E-state index contributed by atoms with van der Waals surface area (Å²) in [4.78, 5) is 2.31. The number of benzene rings is 1. The fourth-order valence-electron chi connectivity index (χ4n) is 3.18. The summed E-state index contributed by atoms with van der Waals surface area (Å²) in [5.41, 5.74) is 1.89. The lowest BCUT2D eigenvalue weighted by molar-refractivity contribution is 0.560. The third kappa shape index (κ3) is 3.14. The monoisotopic (exact) mass is 278 g/mol. The van der Waals surface area contributed by atoms with E-state index < -0.39 is 0 Å². The summed E-state index contributed by atoms with van der Waals surface area (Å²) >= 11 is 0. The highest BCUT2D eigenvalue weighted by Gasteiger charge is 2.32. The molecule has 0 radical (unpaired) electrons. The van der Waals surface area contributed by atoms with Crippen LogP contribution in [0.25, 0.3) is 0 Å². The summed E-state index contributed by atoms with van der Waals surface area (Å²) in [6, 6.07) is 6.76. The van der Waals surface area contributed by atoms with Crippen LogP contribution in [0.2, 0.25) is 0 Å². The van der Waals surface area contributed by atoms with Gasteiger partial charge in [0.1, 0.15) is 5.82 Å². The third-order valence-corrected chi connectivity index (χ3v) is 4.29. The van der Waals surface area contributed by atoms with Crippen LogP contribution in [0.5, 0.6) is 0 Å². The second kappa shape index (κ2) is 6.57. The molecule has 1 fully saturated rings. The van der Waals surface area contributed by atoms with E-state index in [1.807, 2.05) is 12.1 Å². The van der Waals surface area contributed by atoms with Gasteiger partial charge in [0.2, 0.25) is 0 Å². The Labute approximate surface area is 122 Å². The Hall–Kier alpha value is -1.09. The van der Waals surface area contributed by atoms with Gasteiger partial charge < -0.3 is 10.2 Å². The predicted octanol–water partition coefficient (Wildman–Crippen LogP) is 4.09. The zero-order valence-corrected chi connectivity index (χ0v) is 13.1. The lowest BCUT2D eigenvalue weighted by Crippen LogP contribution is -2.36. The van der Waals surface area contributed by atoms with Crippen LogP contribution in [-0.2, 0) is 6.54 Å². The molecule has 0 spiro atoms. The Morgan fingerprint density at radius 1 is 1.35 bits per heavy atom. The molecule has 0 bridgehead atoms. The third-order valence-electron chi connectivity index (χ3n) is 4.29. The van der Waals surface area contributed by atoms with Crippen molar-refractivity contribution in [2.45, 2.75) is 71.6 Å². The average Bonchev–Trinajstić information content (AvgIpc) is 2.77. The van der Waals surface area contributed by atoms with Gasteiger partial charge in [-0.05, 0) is 37.8 Å². The highest BCUT2D eigenvalue weighted by atomic mass is 19.1. The molecule has 2 rings (SSSR count). The van der Waals surface area contributed by atoms with Gasteiger partial charge in [-0.2, -0.15) is 0 Å². The SMILES string of the molecule is CCC1CCC(C)N1c1c(F)cccc1CNC(C)C. The molecule has 1 heterocycles. The van der Waals surface area contributed by atoms with Gasteiger partial charge in [-0.15, -0.1) is 0 Å². The highest BCUT2D eigenvalue weighted by Crippen LogP contribution is 2.36. The first kappa shape index (κ1) is 15.3. The van der Waals surface area contributed by atoms with E-state index >= 15 is 0 Å². The minimum atomic E-state index is -0.0831. The van der Waals surface area contributed by atoms with Crippen molar-refractivity contribution < 1.29 is 4.39 Å². The van der Waals surface area contributed by atoms with Gasteiger partial charge >= 0.3 is 0 Å². The van der Waals surface area contributed by atoms with Crippen molar-refractivity contribution >= 4 is 5.69 Å². The number of hydrogen-bond acceptors (Lipinski definition) is 2. The van der Waals surface area contributed by atoms with E-state index in [2.05, 4.69) is 37.9 Å². The molecule has 20 heavy (non-hydrogen) atoms. The molecule has 1 N–H and O–H groups in total. The van der Waals surface area contributed by atoms with Crippen LogP contribution in [0.1, 0.15) is 52.5 Å². The number of nitrogens with one attached hydrogen (secondary N) is 1. The summed E-state index contributed by atoms with van der Waals surface area (Å²) in [5, 5.41) is 3.41. The van der Waals surface area contributed by atoms with Crippen molar-refractivity contribution in [1.29, 1.82) is 0 Å². The fourth-order valence-corrected chi connectivity index (χ4v) is 3.18. The molecule has 1 aliphatic heterocycles. The van der Waals surface area contributed by atoms with Crippen molar-refractivity contribution in [3.8, 4) is 0 Å². The molecule has 0 aliphatic carbocycles. The van der Waals surface area contributed by atoms with E-state index in [1.165, 1.54) is 6.42 Å². The summed E-state index contributed by atoms with van der Waals surface area (Å²) < 4.78 is 14.4. The van der Waals surface area contributed by atoms with Crippen LogP contribution in [0.3, 0.4) is 0 Å². The second-order valence-electron chi connectivity index (χ2n) is 6.18. The van der Waals surface area contributed by atoms with Gasteiger partial charge in [-0.3, -0.25) is 0 Å². The summed E-state index contributed by atoms with van der Waals surface area (Å²) in [6.45, 7) is 9.37. The number of halogens is 1. The van der Waals surface area contributed by atoms with Gasteiger partial charge in [-0.25, -0.2) is 4.39 Å². The van der Waals surface area contributed by atoms with Crippen molar-refractivity contribution in [2.75, 3.05) is 4.90 Å². The molecule has 2 atom stereocenters. The van der Waals surface area contributed by atoms with Crippen LogP contribution in [0, 0.1) is 5.82 Å². The number of rotatable bonds is 5. The lowest BCUT2D eigenvalue weighted by Gasteiger charge is -2.32. The first-order valence-electron chi connectivity index (χ1n) is 7.83. The predicted molar refractivity (Wildman–Crippen MR) is 83.6 cm³/mol. The minimum Gasteiger partial charge on any atom is -0.363 e. The molecule has 3 heteroatoms. The maximum absolute atomic E-state index is 14.4.